The molecule has 1 unspecified atom stereocenters. The molecule has 0 radical (unpaired) electrons. The molecule has 0 saturated heterocycles. The number of hydrogen-bond acceptors (Lipinski definition) is 8. The van der Waals surface area contributed by atoms with E-state index in [0.717, 1.165) is 5.69 Å². The summed E-state index contributed by atoms with van der Waals surface area (Å²) < 4.78 is 39.3. The van der Waals surface area contributed by atoms with Crippen molar-refractivity contribution in [1.29, 1.82) is 5.26 Å². The summed E-state index contributed by atoms with van der Waals surface area (Å²) in [5.41, 5.74) is 1.97. The third kappa shape index (κ3) is 3.77. The highest BCUT2D eigenvalue weighted by molar-refractivity contribution is 7.93. The molecule has 1 aromatic heterocycles. The average molecular weight is 443 g/mol. The lowest BCUT2D eigenvalue weighted by atomic mass is 10.1. The molecule has 1 N–H and O–H groups in total. The lowest BCUT2D eigenvalue weighted by molar-refractivity contribution is 0.217. The molecule has 0 amide bonds. The predicted octanol–water partition coefficient (Wildman–Crippen LogP) is 3.74. The van der Waals surface area contributed by atoms with Crippen molar-refractivity contribution in [2.45, 2.75) is 17.9 Å². The number of nitrogens with one attached hydrogen (secondary N) is 1. The van der Waals surface area contributed by atoms with Crippen molar-refractivity contribution in [3.63, 3.8) is 0 Å². The number of fused-ring (bicyclic) bond motifs is 1. The van der Waals surface area contributed by atoms with E-state index in [1.54, 1.807) is 30.7 Å². The number of nitrogens with zero attached hydrogens (tertiary/aromatic N) is 3. The molecule has 8 nitrogen and oxygen atoms in total. The van der Waals surface area contributed by atoms with E-state index in [1.807, 2.05) is 17.9 Å². The van der Waals surface area contributed by atoms with Crippen molar-refractivity contribution in [2.24, 2.45) is 0 Å². The van der Waals surface area contributed by atoms with Crippen LogP contribution in [0.5, 0.6) is 11.5 Å². The van der Waals surface area contributed by atoms with E-state index in [0.29, 0.717) is 34.4 Å². The third-order valence-electron chi connectivity index (χ3n) is 4.55. The Morgan fingerprint density at radius 1 is 1.30 bits per heavy atom. The van der Waals surface area contributed by atoms with Crippen LogP contribution in [0.1, 0.15) is 12.5 Å². The summed E-state index contributed by atoms with van der Waals surface area (Å²) in [6.07, 6.45) is 1.34. The zero-order chi connectivity index (χ0) is 21.3. The molecule has 0 saturated carbocycles. The first-order chi connectivity index (χ1) is 14.4. The largest absolute Gasteiger partial charge is 0.495 e. The summed E-state index contributed by atoms with van der Waals surface area (Å²) in [6.45, 7) is 2.44. The standard InChI is InChI=1S/C20H18N4O4S2/c1-13-12-24(16-5-3-14(11-21)9-18(16)27-2)17-6-4-15(10-19(17)28-13)30(25,26)23-20-22-7-8-29-20/h3-10,13H,12H2,1-2H3,(H,22,23). The van der Waals surface area contributed by atoms with Gasteiger partial charge in [0.15, 0.2) is 5.13 Å². The van der Waals surface area contributed by atoms with Crippen molar-refractivity contribution in [2.75, 3.05) is 23.3 Å². The van der Waals surface area contributed by atoms with Gasteiger partial charge < -0.3 is 14.4 Å². The Balaban J connectivity index is 1.74. The molecule has 10 heteroatoms. The van der Waals surface area contributed by atoms with Gasteiger partial charge in [0.05, 0.1) is 41.6 Å². The van der Waals surface area contributed by atoms with Gasteiger partial charge in [0.2, 0.25) is 0 Å². The molecule has 0 spiro atoms. The molecule has 4 rings (SSSR count). The fourth-order valence-electron chi connectivity index (χ4n) is 3.23. The highest BCUT2D eigenvalue weighted by Gasteiger charge is 2.28. The Hall–Kier alpha value is -3.29. The minimum atomic E-state index is -3.80. The number of aromatic nitrogens is 1. The van der Waals surface area contributed by atoms with E-state index >= 15 is 0 Å². The van der Waals surface area contributed by atoms with Crippen LogP contribution >= 0.6 is 11.3 Å². The Morgan fingerprint density at radius 2 is 2.10 bits per heavy atom. The first-order valence-corrected chi connectivity index (χ1v) is 11.4. The quantitative estimate of drug-likeness (QED) is 0.642. The highest BCUT2D eigenvalue weighted by atomic mass is 32.2. The molecule has 0 bridgehead atoms. The van der Waals surface area contributed by atoms with Crippen LogP contribution in [0.2, 0.25) is 0 Å². The molecule has 2 heterocycles. The number of thiazole rings is 1. The maximum absolute atomic E-state index is 12.7. The van der Waals surface area contributed by atoms with Gasteiger partial charge in [0, 0.05) is 23.7 Å². The monoisotopic (exact) mass is 442 g/mol. The first kappa shape index (κ1) is 20.0. The number of nitriles is 1. The molecule has 1 atom stereocenters. The van der Waals surface area contributed by atoms with Gasteiger partial charge in [-0.25, -0.2) is 13.4 Å². The van der Waals surface area contributed by atoms with Crippen LogP contribution in [0.25, 0.3) is 0 Å². The molecule has 0 aliphatic carbocycles. The molecule has 1 aliphatic heterocycles. The fourth-order valence-corrected chi connectivity index (χ4v) is 5.04. The van der Waals surface area contributed by atoms with E-state index in [9.17, 15) is 8.42 Å². The minimum absolute atomic E-state index is 0.0808. The van der Waals surface area contributed by atoms with E-state index in [-0.39, 0.29) is 11.0 Å². The van der Waals surface area contributed by atoms with Crippen molar-refractivity contribution in [1.82, 2.24) is 4.98 Å². The second-order valence-electron chi connectivity index (χ2n) is 6.61. The van der Waals surface area contributed by atoms with Crippen molar-refractivity contribution >= 4 is 37.9 Å². The number of rotatable bonds is 5. The smallest absolute Gasteiger partial charge is 0.263 e. The topological polar surface area (TPSA) is 105 Å². The van der Waals surface area contributed by atoms with Crippen LogP contribution in [-0.4, -0.2) is 33.2 Å². The Labute approximate surface area is 178 Å². The van der Waals surface area contributed by atoms with Crippen LogP contribution in [0.3, 0.4) is 0 Å². The summed E-state index contributed by atoms with van der Waals surface area (Å²) in [6, 6.07) is 12.0. The van der Waals surface area contributed by atoms with Gasteiger partial charge in [-0.3, -0.25) is 4.72 Å². The van der Waals surface area contributed by atoms with Crippen LogP contribution < -0.4 is 19.1 Å². The zero-order valence-electron chi connectivity index (χ0n) is 16.2. The van der Waals surface area contributed by atoms with Gasteiger partial charge in [-0.1, -0.05) is 0 Å². The lowest BCUT2D eigenvalue weighted by Gasteiger charge is -2.35. The Bertz CT molecular complexity index is 1220. The van der Waals surface area contributed by atoms with Gasteiger partial charge in [-0.2, -0.15) is 5.26 Å². The second kappa shape index (κ2) is 7.85. The third-order valence-corrected chi connectivity index (χ3v) is 6.71. The van der Waals surface area contributed by atoms with E-state index in [4.69, 9.17) is 14.7 Å². The molecule has 1 aliphatic rings. The second-order valence-corrected chi connectivity index (χ2v) is 9.19. The normalized spacial score (nSPS) is 15.6. The Kier molecular flexibility index (Phi) is 5.24. The van der Waals surface area contributed by atoms with Crippen molar-refractivity contribution in [3.05, 3.63) is 53.5 Å². The van der Waals surface area contributed by atoms with Crippen molar-refractivity contribution in [3.8, 4) is 17.6 Å². The Morgan fingerprint density at radius 3 is 2.80 bits per heavy atom. The van der Waals surface area contributed by atoms with Gasteiger partial charge in [0.1, 0.15) is 17.6 Å². The predicted molar refractivity (Wildman–Crippen MR) is 114 cm³/mol. The molecular formula is C20H18N4O4S2. The van der Waals surface area contributed by atoms with Gasteiger partial charge >= 0.3 is 0 Å². The first-order valence-electron chi connectivity index (χ1n) is 9.00. The summed E-state index contributed by atoms with van der Waals surface area (Å²) >= 11 is 1.20. The van der Waals surface area contributed by atoms with Gasteiger partial charge in [-0.05, 0) is 31.2 Å². The maximum atomic E-state index is 12.7. The average Bonchev–Trinajstić information content (AvgIpc) is 3.24. The summed E-state index contributed by atoms with van der Waals surface area (Å²) in [4.78, 5) is 6.04. The van der Waals surface area contributed by atoms with E-state index in [1.165, 1.54) is 29.7 Å². The number of methoxy groups -OCH3 is 1. The molecule has 154 valence electrons. The van der Waals surface area contributed by atoms with Crippen LogP contribution in [0.4, 0.5) is 16.5 Å². The fraction of sp³-hybridized carbons (Fsp3) is 0.200. The minimum Gasteiger partial charge on any atom is -0.495 e. The van der Waals surface area contributed by atoms with E-state index in [2.05, 4.69) is 15.8 Å². The number of sulfonamides is 1. The summed E-state index contributed by atoms with van der Waals surface area (Å²) in [5, 5.41) is 11.1. The summed E-state index contributed by atoms with van der Waals surface area (Å²) in [5.74, 6) is 0.999. The number of ether oxygens (including phenoxy) is 2. The number of benzene rings is 2. The SMILES string of the molecule is COc1cc(C#N)ccc1N1CC(C)Oc2cc(S(=O)(=O)Nc3nccs3)ccc21. The number of hydrogen-bond donors (Lipinski definition) is 1. The molecule has 30 heavy (non-hydrogen) atoms. The van der Waals surface area contributed by atoms with Crippen LogP contribution in [0.15, 0.2) is 52.9 Å². The molecule has 2 aromatic carbocycles. The summed E-state index contributed by atoms with van der Waals surface area (Å²) in [7, 11) is -2.25. The molecule has 3 aromatic rings. The lowest BCUT2D eigenvalue weighted by Crippen LogP contribution is -2.35. The maximum Gasteiger partial charge on any atom is 0.263 e. The number of anilines is 3. The molecule has 0 fully saturated rings. The van der Waals surface area contributed by atoms with Gasteiger partial charge in [0.25, 0.3) is 10.0 Å². The van der Waals surface area contributed by atoms with E-state index < -0.39 is 10.0 Å². The van der Waals surface area contributed by atoms with Gasteiger partial charge in [-0.15, -0.1) is 11.3 Å². The molecular weight excluding hydrogens is 424 g/mol. The highest BCUT2D eigenvalue weighted by Crippen LogP contribution is 2.43. The van der Waals surface area contributed by atoms with Crippen molar-refractivity contribution < 1.29 is 17.9 Å². The van der Waals surface area contributed by atoms with Crippen LogP contribution in [-0.2, 0) is 10.0 Å². The van der Waals surface area contributed by atoms with Crippen LogP contribution in [0, 0.1) is 11.3 Å². The zero-order valence-corrected chi connectivity index (χ0v) is 17.8.